The molecule has 9 heteroatoms. The summed E-state index contributed by atoms with van der Waals surface area (Å²) in [5.41, 5.74) is 2.47. The number of para-hydroxylation sites is 1. The normalized spacial score (nSPS) is 22.5. The van der Waals surface area contributed by atoms with Crippen LogP contribution in [0.1, 0.15) is 18.1 Å². The fraction of sp³-hybridized carbons (Fsp3) is 0.292. The SMILES string of the molecule is C[C@@H](O)[C@@H]1NC(=O)[C@H](Cc2c[nH]c3ccccc23)NC(=O)[C@H](Cc2ccc(O)cc2)NC1=O. The van der Waals surface area contributed by atoms with Crippen molar-refractivity contribution in [1.82, 2.24) is 20.9 Å². The Morgan fingerprint density at radius 2 is 1.48 bits per heavy atom. The number of aromatic amines is 1. The highest BCUT2D eigenvalue weighted by Gasteiger charge is 2.36. The largest absolute Gasteiger partial charge is 0.508 e. The van der Waals surface area contributed by atoms with Crippen LogP contribution in [0.3, 0.4) is 0 Å². The zero-order chi connectivity index (χ0) is 23.5. The van der Waals surface area contributed by atoms with Gasteiger partial charge in [-0.25, -0.2) is 0 Å². The van der Waals surface area contributed by atoms with Crippen molar-refractivity contribution in [2.24, 2.45) is 0 Å². The smallest absolute Gasteiger partial charge is 0.245 e. The quantitative estimate of drug-likeness (QED) is 0.336. The first-order valence-electron chi connectivity index (χ1n) is 10.7. The second kappa shape index (κ2) is 9.33. The van der Waals surface area contributed by atoms with Crippen molar-refractivity contribution >= 4 is 28.6 Å². The average molecular weight is 450 g/mol. The molecule has 3 amide bonds. The van der Waals surface area contributed by atoms with E-state index in [0.29, 0.717) is 5.56 Å². The number of amides is 3. The number of rotatable bonds is 5. The van der Waals surface area contributed by atoms with Crippen LogP contribution >= 0.6 is 0 Å². The van der Waals surface area contributed by atoms with Crippen LogP contribution in [0.4, 0.5) is 0 Å². The number of carbonyl (C=O) groups excluding carboxylic acids is 3. The summed E-state index contributed by atoms with van der Waals surface area (Å²) in [5.74, 6) is -1.63. The lowest BCUT2D eigenvalue weighted by Crippen LogP contribution is -2.55. The zero-order valence-electron chi connectivity index (χ0n) is 18.0. The molecule has 1 aliphatic rings. The van der Waals surface area contributed by atoms with Gasteiger partial charge < -0.3 is 31.1 Å². The lowest BCUT2D eigenvalue weighted by molar-refractivity contribution is -0.132. The predicted octanol–water partition coefficient (Wildman–Crippen LogP) is 0.507. The van der Waals surface area contributed by atoms with Crippen molar-refractivity contribution < 1.29 is 24.6 Å². The summed E-state index contributed by atoms with van der Waals surface area (Å²) in [6.45, 7) is 1.40. The van der Waals surface area contributed by atoms with Crippen molar-refractivity contribution in [1.29, 1.82) is 0 Å². The Morgan fingerprint density at radius 3 is 2.21 bits per heavy atom. The molecule has 1 aliphatic heterocycles. The van der Waals surface area contributed by atoms with Gasteiger partial charge in [0.05, 0.1) is 6.10 Å². The predicted molar refractivity (Wildman–Crippen MR) is 121 cm³/mol. The Balaban J connectivity index is 1.63. The number of phenolic OH excluding ortho intramolecular Hbond substituents is 1. The van der Waals surface area contributed by atoms with E-state index in [-0.39, 0.29) is 18.6 Å². The van der Waals surface area contributed by atoms with Gasteiger partial charge in [0.2, 0.25) is 17.7 Å². The maximum atomic E-state index is 13.1. The average Bonchev–Trinajstić information content (AvgIpc) is 3.20. The topological polar surface area (TPSA) is 144 Å². The minimum atomic E-state index is -1.21. The van der Waals surface area contributed by atoms with Gasteiger partial charge in [0.15, 0.2) is 0 Å². The molecule has 4 atom stereocenters. The number of aliphatic hydroxyl groups excluding tert-OH is 1. The van der Waals surface area contributed by atoms with E-state index < -0.39 is 42.0 Å². The molecule has 2 heterocycles. The Hall–Kier alpha value is -3.85. The summed E-state index contributed by atoms with van der Waals surface area (Å²) in [6, 6.07) is 10.8. The summed E-state index contributed by atoms with van der Waals surface area (Å²) < 4.78 is 0. The number of phenols is 1. The molecule has 0 aliphatic carbocycles. The minimum Gasteiger partial charge on any atom is -0.508 e. The molecule has 0 radical (unpaired) electrons. The van der Waals surface area contributed by atoms with Gasteiger partial charge in [-0.2, -0.15) is 0 Å². The third-order valence-corrected chi connectivity index (χ3v) is 5.80. The number of carbonyl (C=O) groups is 3. The number of benzene rings is 2. The molecule has 1 fully saturated rings. The number of aromatic hydroxyl groups is 1. The first-order chi connectivity index (χ1) is 15.8. The van der Waals surface area contributed by atoms with E-state index in [2.05, 4.69) is 20.9 Å². The lowest BCUT2D eigenvalue weighted by Gasteiger charge is -2.22. The molecule has 9 nitrogen and oxygen atoms in total. The number of nitrogens with one attached hydrogen (secondary N) is 4. The van der Waals surface area contributed by atoms with E-state index in [1.54, 1.807) is 18.3 Å². The number of aliphatic hydroxyl groups is 1. The van der Waals surface area contributed by atoms with Crippen LogP contribution in [-0.4, -0.2) is 57.1 Å². The highest BCUT2D eigenvalue weighted by Crippen LogP contribution is 2.20. The molecule has 0 bridgehead atoms. The first-order valence-corrected chi connectivity index (χ1v) is 10.7. The van der Waals surface area contributed by atoms with Crippen LogP contribution in [0.25, 0.3) is 10.9 Å². The van der Waals surface area contributed by atoms with Gasteiger partial charge >= 0.3 is 0 Å². The highest BCUT2D eigenvalue weighted by molar-refractivity contribution is 5.98. The number of aromatic nitrogens is 1. The van der Waals surface area contributed by atoms with E-state index in [1.807, 2.05) is 24.3 Å². The van der Waals surface area contributed by atoms with Gasteiger partial charge in [-0.3, -0.25) is 14.4 Å². The minimum absolute atomic E-state index is 0.0875. The van der Waals surface area contributed by atoms with Crippen molar-refractivity contribution in [2.45, 2.75) is 44.0 Å². The van der Waals surface area contributed by atoms with E-state index in [4.69, 9.17) is 0 Å². The monoisotopic (exact) mass is 450 g/mol. The Bertz CT molecular complexity index is 1170. The van der Waals surface area contributed by atoms with Gasteiger partial charge in [0.25, 0.3) is 0 Å². The zero-order valence-corrected chi connectivity index (χ0v) is 18.0. The fourth-order valence-corrected chi connectivity index (χ4v) is 4.00. The highest BCUT2D eigenvalue weighted by atomic mass is 16.3. The van der Waals surface area contributed by atoms with Gasteiger partial charge in [0, 0.05) is 29.9 Å². The molecule has 0 unspecified atom stereocenters. The van der Waals surface area contributed by atoms with Crippen molar-refractivity contribution in [3.05, 3.63) is 65.9 Å². The Morgan fingerprint density at radius 1 is 0.848 bits per heavy atom. The standard InChI is InChI=1S/C24H26N4O5/c1-13(29)21-24(33)27-19(10-14-6-8-16(30)9-7-14)22(31)26-20(23(32)28-21)11-15-12-25-18-5-3-2-4-17(15)18/h2-9,12-13,19-21,25,29-30H,10-11H2,1H3,(H,26,31)(H,27,33)(H,28,32)/t13-,19+,20+,21+/m1/s1. The summed E-state index contributed by atoms with van der Waals surface area (Å²) >= 11 is 0. The van der Waals surface area contributed by atoms with E-state index in [9.17, 15) is 24.6 Å². The molecular formula is C24H26N4O5. The lowest BCUT2D eigenvalue weighted by atomic mass is 10.0. The first kappa shape index (κ1) is 22.3. The van der Waals surface area contributed by atoms with Crippen molar-refractivity contribution in [3.63, 3.8) is 0 Å². The molecule has 172 valence electrons. The molecule has 2 aromatic carbocycles. The third-order valence-electron chi connectivity index (χ3n) is 5.80. The van der Waals surface area contributed by atoms with Crippen molar-refractivity contribution in [2.75, 3.05) is 0 Å². The van der Waals surface area contributed by atoms with Crippen LogP contribution in [0.2, 0.25) is 0 Å². The third kappa shape index (κ3) is 4.98. The maximum Gasteiger partial charge on any atom is 0.245 e. The molecule has 0 spiro atoms. The van der Waals surface area contributed by atoms with Gasteiger partial charge in [-0.1, -0.05) is 30.3 Å². The molecular weight excluding hydrogens is 424 g/mol. The van der Waals surface area contributed by atoms with E-state index in [0.717, 1.165) is 16.5 Å². The summed E-state index contributed by atoms with van der Waals surface area (Å²) in [6.07, 6.45) is 0.984. The summed E-state index contributed by atoms with van der Waals surface area (Å²) in [7, 11) is 0. The molecule has 1 aromatic heterocycles. The van der Waals surface area contributed by atoms with Gasteiger partial charge in [-0.15, -0.1) is 0 Å². The van der Waals surface area contributed by atoms with Crippen LogP contribution in [-0.2, 0) is 27.2 Å². The Labute approximate surface area is 190 Å². The van der Waals surface area contributed by atoms with Crippen LogP contribution in [0.5, 0.6) is 5.75 Å². The number of hydrogen-bond acceptors (Lipinski definition) is 5. The molecule has 4 rings (SSSR count). The summed E-state index contributed by atoms with van der Waals surface area (Å²) in [5, 5.41) is 28.5. The van der Waals surface area contributed by atoms with Crippen LogP contribution in [0.15, 0.2) is 54.7 Å². The van der Waals surface area contributed by atoms with Gasteiger partial charge in [-0.05, 0) is 36.2 Å². The van der Waals surface area contributed by atoms with Crippen LogP contribution < -0.4 is 16.0 Å². The molecule has 3 aromatic rings. The number of fused-ring (bicyclic) bond motifs is 1. The second-order valence-electron chi connectivity index (χ2n) is 8.28. The van der Waals surface area contributed by atoms with Crippen molar-refractivity contribution in [3.8, 4) is 5.75 Å². The maximum absolute atomic E-state index is 13.1. The van der Waals surface area contributed by atoms with Gasteiger partial charge in [0.1, 0.15) is 23.9 Å². The molecule has 6 N–H and O–H groups in total. The Kier molecular flexibility index (Phi) is 6.32. The molecule has 33 heavy (non-hydrogen) atoms. The molecule has 1 saturated heterocycles. The van der Waals surface area contributed by atoms with E-state index >= 15 is 0 Å². The van der Waals surface area contributed by atoms with Crippen LogP contribution in [0, 0.1) is 0 Å². The number of hydrogen-bond donors (Lipinski definition) is 6. The fourth-order valence-electron chi connectivity index (χ4n) is 4.00. The second-order valence-corrected chi connectivity index (χ2v) is 8.28. The summed E-state index contributed by atoms with van der Waals surface area (Å²) in [4.78, 5) is 42.1. The molecule has 0 saturated carbocycles. The number of H-pyrrole nitrogens is 1. The van der Waals surface area contributed by atoms with E-state index in [1.165, 1.54) is 19.1 Å².